The molecular formula is C15H21N. The fourth-order valence-electron chi connectivity index (χ4n) is 1.90. The Labute approximate surface area is 99.1 Å². The highest BCUT2D eigenvalue weighted by atomic mass is 14.5. The van der Waals surface area contributed by atoms with E-state index >= 15 is 0 Å². The quantitative estimate of drug-likeness (QED) is 0.771. The lowest BCUT2D eigenvalue weighted by atomic mass is 9.94. The summed E-state index contributed by atoms with van der Waals surface area (Å²) in [6.45, 7) is 6.99. The molecule has 1 rings (SSSR count). The highest BCUT2D eigenvalue weighted by Crippen LogP contribution is 2.19. The van der Waals surface area contributed by atoms with E-state index in [0.717, 1.165) is 19.3 Å². The van der Waals surface area contributed by atoms with Crippen LogP contribution in [0.1, 0.15) is 43.0 Å². The molecule has 1 aromatic carbocycles. The molecule has 1 aromatic rings. The lowest BCUT2D eigenvalue weighted by Crippen LogP contribution is -1.99. The summed E-state index contributed by atoms with van der Waals surface area (Å²) in [5.41, 5.74) is 10.8. The first-order chi connectivity index (χ1) is 7.76. The third-order valence-electron chi connectivity index (χ3n) is 2.85. The van der Waals surface area contributed by atoms with Gasteiger partial charge < -0.3 is 5.73 Å². The minimum atomic E-state index is 0.432. The van der Waals surface area contributed by atoms with E-state index in [-0.39, 0.29) is 0 Å². The molecule has 0 unspecified atom stereocenters. The second-order valence-electron chi connectivity index (χ2n) is 3.86. The average Bonchev–Trinajstić information content (AvgIpc) is 2.35. The molecule has 1 nitrogen and oxygen atoms in total. The first-order valence-corrected chi connectivity index (χ1v) is 6.10. The number of nitrogens with two attached hydrogens (primary N) is 1. The molecule has 0 bridgehead atoms. The molecule has 0 aromatic heterocycles. The van der Waals surface area contributed by atoms with Gasteiger partial charge in [0.15, 0.2) is 0 Å². The fourth-order valence-corrected chi connectivity index (χ4v) is 1.90. The molecule has 0 aliphatic carbocycles. The third kappa shape index (κ3) is 2.87. The van der Waals surface area contributed by atoms with Crippen LogP contribution in [0, 0.1) is 11.8 Å². The van der Waals surface area contributed by atoms with Crippen molar-refractivity contribution in [1.82, 2.24) is 0 Å². The first-order valence-electron chi connectivity index (χ1n) is 6.10. The smallest absolute Gasteiger partial charge is 0.0555 e. The SMILES string of the molecule is CCc1cc(CC)c(C#CCN)c(CC)c1. The summed E-state index contributed by atoms with van der Waals surface area (Å²) in [7, 11) is 0. The molecule has 0 aliphatic rings. The van der Waals surface area contributed by atoms with Crippen molar-refractivity contribution in [3.05, 3.63) is 34.4 Å². The topological polar surface area (TPSA) is 26.0 Å². The van der Waals surface area contributed by atoms with Gasteiger partial charge in [-0.1, -0.05) is 44.7 Å². The fraction of sp³-hybridized carbons (Fsp3) is 0.467. The van der Waals surface area contributed by atoms with Gasteiger partial charge in [-0.2, -0.15) is 0 Å². The maximum atomic E-state index is 5.44. The van der Waals surface area contributed by atoms with Crippen molar-refractivity contribution in [3.8, 4) is 11.8 Å². The molecule has 0 saturated heterocycles. The van der Waals surface area contributed by atoms with Crippen molar-refractivity contribution in [1.29, 1.82) is 0 Å². The van der Waals surface area contributed by atoms with Gasteiger partial charge in [0.25, 0.3) is 0 Å². The van der Waals surface area contributed by atoms with Crippen LogP contribution in [-0.2, 0) is 19.3 Å². The zero-order valence-corrected chi connectivity index (χ0v) is 10.6. The summed E-state index contributed by atoms with van der Waals surface area (Å²) in [5.74, 6) is 6.19. The Hall–Kier alpha value is -1.26. The lowest BCUT2D eigenvalue weighted by molar-refractivity contribution is 1.03. The standard InChI is InChI=1S/C15H21N/c1-4-12-10-13(5-2)15(8-7-9-16)14(6-3)11-12/h10-11H,4-6,9,16H2,1-3H3. The molecule has 0 atom stereocenters. The van der Waals surface area contributed by atoms with Crippen molar-refractivity contribution >= 4 is 0 Å². The van der Waals surface area contributed by atoms with Crippen LogP contribution in [0.4, 0.5) is 0 Å². The molecule has 0 spiro atoms. The van der Waals surface area contributed by atoms with E-state index in [9.17, 15) is 0 Å². The van der Waals surface area contributed by atoms with Crippen molar-refractivity contribution in [3.63, 3.8) is 0 Å². The van der Waals surface area contributed by atoms with Crippen LogP contribution in [0.5, 0.6) is 0 Å². The molecule has 0 aliphatic heterocycles. The Bertz CT molecular complexity index is 382. The largest absolute Gasteiger partial charge is 0.320 e. The summed E-state index contributed by atoms with van der Waals surface area (Å²) in [4.78, 5) is 0. The Morgan fingerprint density at radius 3 is 1.94 bits per heavy atom. The summed E-state index contributed by atoms with van der Waals surface area (Å²) in [6, 6.07) is 4.55. The number of aryl methyl sites for hydroxylation is 3. The van der Waals surface area contributed by atoms with Gasteiger partial charge in [0, 0.05) is 5.56 Å². The molecule has 86 valence electrons. The molecular weight excluding hydrogens is 194 g/mol. The van der Waals surface area contributed by atoms with Gasteiger partial charge in [0.1, 0.15) is 0 Å². The van der Waals surface area contributed by atoms with Crippen LogP contribution in [-0.4, -0.2) is 6.54 Å². The second kappa shape index (κ2) is 6.35. The van der Waals surface area contributed by atoms with E-state index in [1.807, 2.05) is 0 Å². The molecule has 0 saturated carbocycles. The monoisotopic (exact) mass is 215 g/mol. The highest BCUT2D eigenvalue weighted by Gasteiger charge is 2.06. The Morgan fingerprint density at radius 1 is 1.00 bits per heavy atom. The number of benzene rings is 1. The van der Waals surface area contributed by atoms with Crippen LogP contribution < -0.4 is 5.73 Å². The molecule has 0 radical (unpaired) electrons. The highest BCUT2D eigenvalue weighted by molar-refractivity contribution is 5.49. The van der Waals surface area contributed by atoms with Gasteiger partial charge >= 0.3 is 0 Å². The third-order valence-corrected chi connectivity index (χ3v) is 2.85. The number of hydrogen-bond donors (Lipinski definition) is 1. The zero-order chi connectivity index (χ0) is 12.0. The minimum Gasteiger partial charge on any atom is -0.320 e. The van der Waals surface area contributed by atoms with Crippen molar-refractivity contribution < 1.29 is 0 Å². The summed E-state index contributed by atoms with van der Waals surface area (Å²) in [5, 5.41) is 0. The van der Waals surface area contributed by atoms with Crippen LogP contribution in [0.2, 0.25) is 0 Å². The van der Waals surface area contributed by atoms with E-state index in [1.54, 1.807) is 0 Å². The van der Waals surface area contributed by atoms with Gasteiger partial charge in [-0.15, -0.1) is 0 Å². The normalized spacial score (nSPS) is 9.75. The number of rotatable bonds is 3. The van der Waals surface area contributed by atoms with Crippen molar-refractivity contribution in [2.45, 2.75) is 40.0 Å². The zero-order valence-electron chi connectivity index (χ0n) is 10.6. The molecule has 1 heteroatoms. The lowest BCUT2D eigenvalue weighted by Gasteiger charge is -2.10. The van der Waals surface area contributed by atoms with Gasteiger partial charge in [-0.25, -0.2) is 0 Å². The summed E-state index contributed by atoms with van der Waals surface area (Å²) >= 11 is 0. The molecule has 0 amide bonds. The van der Waals surface area contributed by atoms with Gasteiger partial charge in [0.05, 0.1) is 6.54 Å². The van der Waals surface area contributed by atoms with Crippen LogP contribution in [0.15, 0.2) is 12.1 Å². The molecule has 0 heterocycles. The second-order valence-corrected chi connectivity index (χ2v) is 3.86. The predicted octanol–water partition coefficient (Wildman–Crippen LogP) is 2.68. The Balaban J connectivity index is 3.31. The van der Waals surface area contributed by atoms with E-state index in [4.69, 9.17) is 5.73 Å². The van der Waals surface area contributed by atoms with Gasteiger partial charge in [0.2, 0.25) is 0 Å². The number of hydrogen-bond acceptors (Lipinski definition) is 1. The van der Waals surface area contributed by atoms with Crippen molar-refractivity contribution in [2.75, 3.05) is 6.54 Å². The minimum absolute atomic E-state index is 0.432. The Morgan fingerprint density at radius 2 is 1.56 bits per heavy atom. The molecule has 2 N–H and O–H groups in total. The maximum absolute atomic E-state index is 5.44. The Kier molecular flexibility index (Phi) is 5.08. The first kappa shape index (κ1) is 12.8. The molecule has 16 heavy (non-hydrogen) atoms. The van der Waals surface area contributed by atoms with E-state index < -0.39 is 0 Å². The van der Waals surface area contributed by atoms with Gasteiger partial charge in [-0.05, 0) is 36.0 Å². The van der Waals surface area contributed by atoms with Crippen LogP contribution in [0.3, 0.4) is 0 Å². The van der Waals surface area contributed by atoms with E-state index in [0.29, 0.717) is 6.54 Å². The van der Waals surface area contributed by atoms with E-state index in [2.05, 4.69) is 44.7 Å². The predicted molar refractivity (Wildman–Crippen MR) is 70.5 cm³/mol. The maximum Gasteiger partial charge on any atom is 0.0555 e. The molecule has 0 fully saturated rings. The van der Waals surface area contributed by atoms with Crippen molar-refractivity contribution in [2.24, 2.45) is 5.73 Å². The van der Waals surface area contributed by atoms with Gasteiger partial charge in [-0.3, -0.25) is 0 Å². The average molecular weight is 215 g/mol. The van der Waals surface area contributed by atoms with E-state index in [1.165, 1.54) is 22.3 Å². The van der Waals surface area contributed by atoms with Crippen LogP contribution >= 0.6 is 0 Å². The summed E-state index contributed by atoms with van der Waals surface area (Å²) in [6.07, 6.45) is 3.16. The summed E-state index contributed by atoms with van der Waals surface area (Å²) < 4.78 is 0. The van der Waals surface area contributed by atoms with Crippen LogP contribution in [0.25, 0.3) is 0 Å².